The molecule has 0 saturated carbocycles. The van der Waals surface area contributed by atoms with Crippen LogP contribution in [0.2, 0.25) is 0 Å². The van der Waals surface area contributed by atoms with Crippen LogP contribution in [0.3, 0.4) is 0 Å². The van der Waals surface area contributed by atoms with Gasteiger partial charge in [0.25, 0.3) is 0 Å². The number of pyridine rings is 1. The number of piperidine rings is 1. The maximum atomic E-state index is 12.0. The summed E-state index contributed by atoms with van der Waals surface area (Å²) in [5.41, 5.74) is 2.37. The molecule has 1 aliphatic rings. The van der Waals surface area contributed by atoms with Gasteiger partial charge in [0.2, 0.25) is 5.91 Å². The van der Waals surface area contributed by atoms with Crippen molar-refractivity contribution in [2.24, 2.45) is 5.92 Å². The third-order valence-electron chi connectivity index (χ3n) is 4.49. The van der Waals surface area contributed by atoms with Gasteiger partial charge in [-0.25, -0.2) is 0 Å². The fourth-order valence-electron chi connectivity index (χ4n) is 3.24. The predicted octanol–water partition coefficient (Wildman–Crippen LogP) is 2.54. The molecule has 1 aliphatic heterocycles. The number of amides is 1. The first-order chi connectivity index (χ1) is 10.6. The molecule has 1 aromatic heterocycles. The summed E-state index contributed by atoms with van der Waals surface area (Å²) >= 11 is 0. The molecule has 2 heterocycles. The van der Waals surface area contributed by atoms with Crippen molar-refractivity contribution in [3.05, 3.63) is 42.1 Å². The van der Waals surface area contributed by atoms with Gasteiger partial charge in [0.15, 0.2) is 0 Å². The lowest BCUT2D eigenvalue weighted by Crippen LogP contribution is -2.39. The van der Waals surface area contributed by atoms with Crippen LogP contribution in [-0.2, 0) is 11.3 Å². The molecular formula is C18H23N3O. The molecule has 2 aromatic rings. The molecule has 0 aliphatic carbocycles. The highest BCUT2D eigenvalue weighted by atomic mass is 16.2. The number of rotatable bonds is 3. The molecule has 0 spiro atoms. The van der Waals surface area contributed by atoms with Gasteiger partial charge in [0.1, 0.15) is 0 Å². The Labute approximate surface area is 131 Å². The number of carbonyl (C=O) groups excluding carboxylic acids is 1. The lowest BCUT2D eigenvalue weighted by atomic mass is 9.95. The van der Waals surface area contributed by atoms with Gasteiger partial charge in [0.05, 0.1) is 5.52 Å². The van der Waals surface area contributed by atoms with Crippen LogP contribution in [-0.4, -0.2) is 47.9 Å². The molecule has 22 heavy (non-hydrogen) atoms. The summed E-state index contributed by atoms with van der Waals surface area (Å²) in [6.45, 7) is 2.87. The van der Waals surface area contributed by atoms with Gasteiger partial charge in [-0.3, -0.25) is 14.7 Å². The number of benzene rings is 1. The fourth-order valence-corrected chi connectivity index (χ4v) is 3.24. The van der Waals surface area contributed by atoms with Crippen molar-refractivity contribution in [2.45, 2.75) is 19.4 Å². The third-order valence-corrected chi connectivity index (χ3v) is 4.49. The van der Waals surface area contributed by atoms with Crippen LogP contribution in [0.25, 0.3) is 10.9 Å². The number of likely N-dealkylation sites (tertiary alicyclic amines) is 1. The van der Waals surface area contributed by atoms with Crippen molar-refractivity contribution in [1.82, 2.24) is 14.8 Å². The maximum absolute atomic E-state index is 12.0. The Morgan fingerprint density at radius 1 is 1.23 bits per heavy atom. The molecule has 4 nitrogen and oxygen atoms in total. The van der Waals surface area contributed by atoms with Crippen molar-refractivity contribution in [1.29, 1.82) is 0 Å². The number of carbonyl (C=O) groups is 1. The molecule has 116 valence electrons. The first kappa shape index (κ1) is 15.0. The summed E-state index contributed by atoms with van der Waals surface area (Å²) in [5, 5.41) is 1.19. The molecule has 0 N–H and O–H groups in total. The molecule has 0 radical (unpaired) electrons. The van der Waals surface area contributed by atoms with E-state index in [2.05, 4.69) is 34.1 Å². The second-order valence-corrected chi connectivity index (χ2v) is 6.28. The summed E-state index contributed by atoms with van der Waals surface area (Å²) in [6, 6.07) is 10.4. The minimum Gasteiger partial charge on any atom is -0.349 e. The summed E-state index contributed by atoms with van der Waals surface area (Å²) < 4.78 is 0. The second kappa shape index (κ2) is 6.44. The quantitative estimate of drug-likeness (QED) is 0.873. The highest BCUT2D eigenvalue weighted by Crippen LogP contribution is 2.23. The smallest absolute Gasteiger partial charge is 0.225 e. The molecule has 4 heteroatoms. The molecule has 1 amide bonds. The zero-order chi connectivity index (χ0) is 15.5. The molecule has 1 saturated heterocycles. The largest absolute Gasteiger partial charge is 0.349 e. The van der Waals surface area contributed by atoms with Crippen molar-refractivity contribution in [3.63, 3.8) is 0 Å². The molecule has 1 aromatic carbocycles. The van der Waals surface area contributed by atoms with Gasteiger partial charge in [0, 0.05) is 38.1 Å². The lowest BCUT2D eigenvalue weighted by Gasteiger charge is -2.32. The molecule has 3 rings (SSSR count). The van der Waals surface area contributed by atoms with Crippen molar-refractivity contribution in [2.75, 3.05) is 27.2 Å². The van der Waals surface area contributed by atoms with Gasteiger partial charge in [-0.2, -0.15) is 0 Å². The summed E-state index contributed by atoms with van der Waals surface area (Å²) in [4.78, 5) is 20.7. The molecule has 0 unspecified atom stereocenters. The first-order valence-corrected chi connectivity index (χ1v) is 7.91. The van der Waals surface area contributed by atoms with Crippen LogP contribution in [0.5, 0.6) is 0 Å². The number of hydrogen-bond donors (Lipinski definition) is 0. The maximum Gasteiger partial charge on any atom is 0.225 e. The van der Waals surface area contributed by atoms with Crippen molar-refractivity contribution in [3.8, 4) is 0 Å². The van der Waals surface area contributed by atoms with E-state index in [0.29, 0.717) is 0 Å². The highest BCUT2D eigenvalue weighted by molar-refractivity contribution is 5.81. The predicted molar refractivity (Wildman–Crippen MR) is 88.4 cm³/mol. The Hall–Kier alpha value is -1.94. The average Bonchev–Trinajstić information content (AvgIpc) is 2.55. The number of nitrogens with zero attached hydrogens (tertiary/aromatic N) is 3. The van der Waals surface area contributed by atoms with E-state index < -0.39 is 0 Å². The zero-order valence-electron chi connectivity index (χ0n) is 13.3. The van der Waals surface area contributed by atoms with Crippen molar-refractivity contribution >= 4 is 16.8 Å². The molecular weight excluding hydrogens is 274 g/mol. The van der Waals surface area contributed by atoms with Gasteiger partial charge in [-0.15, -0.1) is 0 Å². The SMILES string of the molecule is CN(C)C(=O)C1CCN(Cc2cccc3cccnc23)CC1. The Bertz CT molecular complexity index is 655. The van der Waals surface area contributed by atoms with E-state index in [1.54, 1.807) is 4.90 Å². The van der Waals surface area contributed by atoms with E-state index in [1.165, 1.54) is 10.9 Å². The topological polar surface area (TPSA) is 36.4 Å². The fraction of sp³-hybridized carbons (Fsp3) is 0.444. The van der Waals surface area contributed by atoms with Gasteiger partial charge < -0.3 is 4.90 Å². The summed E-state index contributed by atoms with van der Waals surface area (Å²) in [6.07, 6.45) is 3.76. The highest BCUT2D eigenvalue weighted by Gasteiger charge is 2.26. The van der Waals surface area contributed by atoms with Crippen LogP contribution in [0.15, 0.2) is 36.5 Å². The first-order valence-electron chi connectivity index (χ1n) is 7.91. The second-order valence-electron chi connectivity index (χ2n) is 6.28. The Morgan fingerprint density at radius 2 is 1.95 bits per heavy atom. The van der Waals surface area contributed by atoms with E-state index in [-0.39, 0.29) is 11.8 Å². The van der Waals surface area contributed by atoms with Crippen LogP contribution in [0.1, 0.15) is 18.4 Å². The number of hydrogen-bond acceptors (Lipinski definition) is 3. The minimum absolute atomic E-state index is 0.192. The third kappa shape index (κ3) is 3.12. The normalized spacial score (nSPS) is 16.8. The van der Waals surface area contributed by atoms with E-state index in [0.717, 1.165) is 38.0 Å². The van der Waals surface area contributed by atoms with Gasteiger partial charge in [-0.05, 0) is 37.6 Å². The standard InChI is InChI=1S/C18H23N3O/c1-20(2)18(22)15-8-11-21(12-9-15)13-16-6-3-5-14-7-4-10-19-17(14)16/h3-7,10,15H,8-9,11-13H2,1-2H3. The van der Waals surface area contributed by atoms with Crippen LogP contribution in [0, 0.1) is 5.92 Å². The van der Waals surface area contributed by atoms with E-state index in [1.807, 2.05) is 26.4 Å². The Kier molecular flexibility index (Phi) is 4.39. The Balaban J connectivity index is 1.66. The number of fused-ring (bicyclic) bond motifs is 1. The average molecular weight is 297 g/mol. The molecule has 0 atom stereocenters. The van der Waals surface area contributed by atoms with Crippen LogP contribution in [0.4, 0.5) is 0 Å². The monoisotopic (exact) mass is 297 g/mol. The van der Waals surface area contributed by atoms with E-state index in [9.17, 15) is 4.79 Å². The Morgan fingerprint density at radius 3 is 2.68 bits per heavy atom. The lowest BCUT2D eigenvalue weighted by molar-refractivity contribution is -0.134. The number of para-hydroxylation sites is 1. The van der Waals surface area contributed by atoms with Gasteiger partial charge >= 0.3 is 0 Å². The van der Waals surface area contributed by atoms with Crippen LogP contribution < -0.4 is 0 Å². The van der Waals surface area contributed by atoms with Gasteiger partial charge in [-0.1, -0.05) is 24.3 Å². The summed E-state index contributed by atoms with van der Waals surface area (Å²) in [5.74, 6) is 0.461. The van der Waals surface area contributed by atoms with E-state index in [4.69, 9.17) is 0 Å². The zero-order valence-corrected chi connectivity index (χ0v) is 13.3. The molecule has 0 bridgehead atoms. The van der Waals surface area contributed by atoms with Crippen LogP contribution >= 0.6 is 0 Å². The summed E-state index contributed by atoms with van der Waals surface area (Å²) in [7, 11) is 3.69. The minimum atomic E-state index is 0.192. The number of aromatic nitrogens is 1. The van der Waals surface area contributed by atoms with E-state index >= 15 is 0 Å². The molecule has 1 fully saturated rings. The van der Waals surface area contributed by atoms with Crippen molar-refractivity contribution < 1.29 is 4.79 Å².